The second kappa shape index (κ2) is 6.19. The van der Waals surface area contributed by atoms with Crippen LogP contribution in [0.4, 0.5) is 5.69 Å². The number of rotatable bonds is 5. The van der Waals surface area contributed by atoms with Crippen LogP contribution in [0.3, 0.4) is 0 Å². The number of aromatic nitrogens is 1. The van der Waals surface area contributed by atoms with Crippen molar-refractivity contribution in [3.63, 3.8) is 0 Å². The Morgan fingerprint density at radius 3 is 2.57 bits per heavy atom. The number of carbonyl (C=O) groups is 1. The van der Waals surface area contributed by atoms with Gasteiger partial charge in [-0.1, -0.05) is 30.3 Å². The summed E-state index contributed by atoms with van der Waals surface area (Å²) in [5.74, 6) is -1.23. The number of pyridine rings is 1. The van der Waals surface area contributed by atoms with Crippen molar-refractivity contribution >= 4 is 27.8 Å². The van der Waals surface area contributed by atoms with Gasteiger partial charge in [0, 0.05) is 6.20 Å². The first-order valence-corrected chi connectivity index (χ1v) is 7.46. The van der Waals surface area contributed by atoms with Crippen molar-refractivity contribution in [2.45, 2.75) is 0 Å². The van der Waals surface area contributed by atoms with Crippen molar-refractivity contribution in [3.05, 3.63) is 65.3 Å². The van der Waals surface area contributed by atoms with Crippen LogP contribution in [0.25, 0.3) is 6.08 Å². The Bertz CT molecular complexity index is 771. The molecule has 0 bridgehead atoms. The molecular weight excluding hydrogens is 292 g/mol. The normalized spacial score (nSPS) is 11.4. The number of nitrogens with zero attached hydrogens (tertiary/aromatic N) is 1. The third kappa shape index (κ3) is 4.43. The lowest BCUT2D eigenvalue weighted by Gasteiger charge is -2.04. The summed E-state index contributed by atoms with van der Waals surface area (Å²) in [7, 11) is -3.73. The zero-order valence-corrected chi connectivity index (χ0v) is 11.6. The monoisotopic (exact) mass is 304 g/mol. The van der Waals surface area contributed by atoms with E-state index in [1.807, 2.05) is 6.07 Å². The van der Waals surface area contributed by atoms with Gasteiger partial charge in [-0.25, -0.2) is 18.2 Å². The molecule has 21 heavy (non-hydrogen) atoms. The second-order valence-electron chi connectivity index (χ2n) is 4.10. The number of anilines is 1. The summed E-state index contributed by atoms with van der Waals surface area (Å²) < 4.78 is 26.0. The lowest BCUT2D eigenvalue weighted by Crippen LogP contribution is -2.10. The first-order valence-electron chi connectivity index (χ1n) is 5.91. The Morgan fingerprint density at radius 2 is 1.90 bits per heavy atom. The molecule has 0 saturated heterocycles. The number of benzene rings is 1. The van der Waals surface area contributed by atoms with Crippen LogP contribution in [0.1, 0.15) is 16.1 Å². The van der Waals surface area contributed by atoms with Gasteiger partial charge in [-0.2, -0.15) is 0 Å². The Morgan fingerprint density at radius 1 is 1.19 bits per heavy atom. The Hall–Kier alpha value is -2.67. The van der Waals surface area contributed by atoms with Crippen molar-refractivity contribution in [2.24, 2.45) is 0 Å². The highest BCUT2D eigenvalue weighted by Crippen LogP contribution is 2.12. The zero-order valence-electron chi connectivity index (χ0n) is 10.8. The number of sulfonamides is 1. The maximum atomic E-state index is 11.9. The summed E-state index contributed by atoms with van der Waals surface area (Å²) in [6.45, 7) is 0. The Kier molecular flexibility index (Phi) is 4.34. The van der Waals surface area contributed by atoms with Crippen LogP contribution in [-0.2, 0) is 10.0 Å². The highest BCUT2D eigenvalue weighted by atomic mass is 32.2. The van der Waals surface area contributed by atoms with Crippen LogP contribution < -0.4 is 4.72 Å². The van der Waals surface area contributed by atoms with Crippen LogP contribution in [0.15, 0.2) is 54.1 Å². The molecule has 0 radical (unpaired) electrons. The van der Waals surface area contributed by atoms with E-state index in [1.54, 1.807) is 24.3 Å². The maximum Gasteiger partial charge on any atom is 0.354 e. The van der Waals surface area contributed by atoms with Crippen LogP contribution >= 0.6 is 0 Å². The van der Waals surface area contributed by atoms with Gasteiger partial charge in [0.15, 0.2) is 0 Å². The highest BCUT2D eigenvalue weighted by Gasteiger charge is 2.09. The second-order valence-corrected chi connectivity index (χ2v) is 5.66. The predicted molar refractivity (Wildman–Crippen MR) is 79.2 cm³/mol. The first-order chi connectivity index (χ1) is 9.96. The number of hydrogen-bond acceptors (Lipinski definition) is 4. The molecular formula is C14H12N2O4S. The minimum atomic E-state index is -3.73. The fraction of sp³-hybridized carbons (Fsp3) is 0. The minimum Gasteiger partial charge on any atom is -0.477 e. The molecule has 2 aromatic rings. The van der Waals surface area contributed by atoms with Gasteiger partial charge in [-0.15, -0.1) is 0 Å². The molecule has 7 heteroatoms. The molecule has 1 aromatic carbocycles. The molecule has 0 aliphatic rings. The Balaban J connectivity index is 2.16. The van der Waals surface area contributed by atoms with Crippen LogP contribution in [-0.4, -0.2) is 24.5 Å². The van der Waals surface area contributed by atoms with Gasteiger partial charge in [0.1, 0.15) is 5.69 Å². The molecule has 0 aliphatic carbocycles. The summed E-state index contributed by atoms with van der Waals surface area (Å²) >= 11 is 0. The van der Waals surface area contributed by atoms with Gasteiger partial charge in [-0.3, -0.25) is 4.72 Å². The predicted octanol–water partition coefficient (Wildman–Crippen LogP) is 2.19. The highest BCUT2D eigenvalue weighted by molar-refractivity contribution is 7.95. The van der Waals surface area contributed by atoms with E-state index >= 15 is 0 Å². The maximum absolute atomic E-state index is 11.9. The smallest absolute Gasteiger partial charge is 0.354 e. The van der Waals surface area contributed by atoms with E-state index in [1.165, 1.54) is 18.3 Å². The molecule has 2 rings (SSSR count). The number of carboxylic acid groups (broad SMARTS) is 1. The summed E-state index contributed by atoms with van der Waals surface area (Å²) in [4.78, 5) is 14.4. The topological polar surface area (TPSA) is 96.4 Å². The molecule has 1 heterocycles. The fourth-order valence-electron chi connectivity index (χ4n) is 1.54. The van der Waals surface area contributed by atoms with Gasteiger partial charge in [0.05, 0.1) is 11.1 Å². The lowest BCUT2D eigenvalue weighted by molar-refractivity contribution is 0.0690. The van der Waals surface area contributed by atoms with Crippen molar-refractivity contribution in [1.29, 1.82) is 0 Å². The van der Waals surface area contributed by atoms with E-state index in [2.05, 4.69) is 9.71 Å². The number of hydrogen-bond donors (Lipinski definition) is 2. The quantitative estimate of drug-likeness (QED) is 0.882. The summed E-state index contributed by atoms with van der Waals surface area (Å²) in [6, 6.07) is 11.5. The summed E-state index contributed by atoms with van der Waals surface area (Å²) in [5, 5.41) is 9.82. The molecule has 6 nitrogen and oxygen atoms in total. The van der Waals surface area contributed by atoms with Crippen molar-refractivity contribution in [2.75, 3.05) is 4.72 Å². The van der Waals surface area contributed by atoms with Gasteiger partial charge < -0.3 is 5.11 Å². The molecule has 0 amide bonds. The number of carboxylic acids is 1. The van der Waals surface area contributed by atoms with Gasteiger partial charge >= 0.3 is 5.97 Å². The molecule has 1 aromatic heterocycles. The van der Waals surface area contributed by atoms with E-state index in [0.29, 0.717) is 0 Å². The zero-order chi connectivity index (χ0) is 15.3. The van der Waals surface area contributed by atoms with Gasteiger partial charge in [0.2, 0.25) is 0 Å². The van der Waals surface area contributed by atoms with Crippen LogP contribution in [0.5, 0.6) is 0 Å². The van der Waals surface area contributed by atoms with E-state index in [9.17, 15) is 13.2 Å². The first kappa shape index (κ1) is 14.7. The van der Waals surface area contributed by atoms with E-state index in [4.69, 9.17) is 5.11 Å². The largest absolute Gasteiger partial charge is 0.477 e. The van der Waals surface area contributed by atoms with Crippen molar-refractivity contribution < 1.29 is 18.3 Å². The lowest BCUT2D eigenvalue weighted by atomic mass is 10.2. The molecule has 0 unspecified atom stereocenters. The molecule has 2 N–H and O–H groups in total. The van der Waals surface area contributed by atoms with Gasteiger partial charge in [-0.05, 0) is 23.8 Å². The molecule has 0 fully saturated rings. The summed E-state index contributed by atoms with van der Waals surface area (Å²) in [5.41, 5.74) is 0.645. The molecule has 0 atom stereocenters. The van der Waals surface area contributed by atoms with E-state index < -0.39 is 16.0 Å². The van der Waals surface area contributed by atoms with Crippen molar-refractivity contribution in [1.82, 2.24) is 4.98 Å². The third-order valence-electron chi connectivity index (χ3n) is 2.48. The van der Waals surface area contributed by atoms with E-state index in [-0.39, 0.29) is 11.4 Å². The molecule has 108 valence electrons. The fourth-order valence-corrected chi connectivity index (χ4v) is 2.40. The molecule has 0 aliphatic heterocycles. The SMILES string of the molecule is O=C(O)c1cc(NS(=O)(=O)C=Cc2ccccc2)ccn1. The summed E-state index contributed by atoms with van der Waals surface area (Å²) in [6.07, 6.45) is 2.67. The molecule has 0 saturated carbocycles. The van der Waals surface area contributed by atoms with Crippen molar-refractivity contribution in [3.8, 4) is 0 Å². The number of aromatic carboxylic acids is 1. The van der Waals surface area contributed by atoms with Gasteiger partial charge in [0.25, 0.3) is 10.0 Å². The van der Waals surface area contributed by atoms with Crippen LogP contribution in [0.2, 0.25) is 0 Å². The average molecular weight is 304 g/mol. The number of nitrogens with one attached hydrogen (secondary N) is 1. The standard InChI is InChI=1S/C14H12N2O4S/c17-14(18)13-10-12(6-8-15-13)16-21(19,20)9-7-11-4-2-1-3-5-11/h1-10H,(H,15,16)(H,17,18). The van der Waals surface area contributed by atoms with E-state index in [0.717, 1.165) is 17.0 Å². The molecule has 0 spiro atoms. The third-order valence-corrected chi connectivity index (χ3v) is 3.49. The van der Waals surface area contributed by atoms with Crippen LogP contribution in [0, 0.1) is 0 Å². The Labute approximate surface area is 121 Å². The average Bonchev–Trinajstić information content (AvgIpc) is 2.46. The minimum absolute atomic E-state index is 0.139.